The van der Waals surface area contributed by atoms with Crippen LogP contribution in [0.4, 0.5) is 13.2 Å². The molecule has 2 aromatic heterocycles. The van der Waals surface area contributed by atoms with Crippen LogP contribution >= 0.6 is 0 Å². The second-order valence-electron chi connectivity index (χ2n) is 6.80. The number of esters is 1. The summed E-state index contributed by atoms with van der Waals surface area (Å²) in [6.45, 7) is 1.49. The number of alkyl halides is 3. The van der Waals surface area contributed by atoms with Crippen LogP contribution in [0.15, 0.2) is 51.8 Å². The largest absolute Gasteiger partial charge is 0.449 e. The van der Waals surface area contributed by atoms with E-state index in [0.717, 1.165) is 12.1 Å². The van der Waals surface area contributed by atoms with Gasteiger partial charge in [-0.1, -0.05) is 17.3 Å². The number of nitrogens with one attached hydrogen (secondary N) is 1. The van der Waals surface area contributed by atoms with E-state index in [-0.39, 0.29) is 28.5 Å². The molecule has 0 aliphatic rings. The number of nitrogens with zero attached hydrogens (tertiary/aromatic N) is 3. The van der Waals surface area contributed by atoms with E-state index in [1.54, 1.807) is 13.1 Å². The number of ether oxygens (including phenoxy) is 1. The predicted molar refractivity (Wildman–Crippen MR) is 102 cm³/mol. The van der Waals surface area contributed by atoms with Crippen LogP contribution in [-0.2, 0) is 18.0 Å². The molecule has 1 atom stereocenters. The van der Waals surface area contributed by atoms with Crippen LogP contribution in [-0.4, -0.2) is 25.7 Å². The summed E-state index contributed by atoms with van der Waals surface area (Å²) in [6.07, 6.45) is -5.46. The molecule has 1 N–H and O–H groups in total. The first kappa shape index (κ1) is 20.4. The molecular formula is C20H15F3N4O4. The van der Waals surface area contributed by atoms with Crippen molar-refractivity contribution in [2.75, 3.05) is 0 Å². The van der Waals surface area contributed by atoms with Gasteiger partial charge in [0.25, 0.3) is 5.89 Å². The Morgan fingerprint density at radius 1 is 1.23 bits per heavy atom. The molecule has 0 bridgehead atoms. The highest BCUT2D eigenvalue weighted by Crippen LogP contribution is 2.32. The Morgan fingerprint density at radius 3 is 2.74 bits per heavy atom. The second-order valence-corrected chi connectivity index (χ2v) is 6.80. The normalized spacial score (nSPS) is 12.8. The Bertz CT molecular complexity index is 1340. The third-order valence-electron chi connectivity index (χ3n) is 4.66. The first-order valence-electron chi connectivity index (χ1n) is 9.04. The maximum absolute atomic E-state index is 12.9. The van der Waals surface area contributed by atoms with Crippen LogP contribution in [0.25, 0.3) is 22.4 Å². The van der Waals surface area contributed by atoms with Gasteiger partial charge < -0.3 is 14.2 Å². The van der Waals surface area contributed by atoms with Crippen molar-refractivity contribution >= 4 is 17.0 Å². The van der Waals surface area contributed by atoms with E-state index in [0.29, 0.717) is 11.0 Å². The van der Waals surface area contributed by atoms with Crippen molar-refractivity contribution in [3.05, 3.63) is 70.0 Å². The predicted octanol–water partition coefficient (Wildman–Crippen LogP) is 3.85. The average Bonchev–Trinajstić information content (AvgIpc) is 3.33. The van der Waals surface area contributed by atoms with Gasteiger partial charge in [0, 0.05) is 12.6 Å². The van der Waals surface area contributed by atoms with Gasteiger partial charge in [0.1, 0.15) is 0 Å². The van der Waals surface area contributed by atoms with Crippen molar-refractivity contribution in [1.82, 2.24) is 19.7 Å². The van der Waals surface area contributed by atoms with Gasteiger partial charge in [0.2, 0.25) is 5.82 Å². The topological polar surface area (TPSA) is 103 Å². The number of aryl methyl sites for hydroxylation is 1. The quantitative estimate of drug-likeness (QED) is 0.492. The van der Waals surface area contributed by atoms with Crippen LogP contribution in [0.1, 0.15) is 34.8 Å². The summed E-state index contributed by atoms with van der Waals surface area (Å²) < 4.78 is 50.5. The Hall–Kier alpha value is -3.89. The Balaban J connectivity index is 1.52. The molecule has 0 saturated heterocycles. The molecule has 2 heterocycles. The number of carbonyl (C=O) groups is 1. The lowest BCUT2D eigenvalue weighted by atomic mass is 10.1. The number of benzene rings is 2. The number of hydrogen-bond donors (Lipinski definition) is 1. The third-order valence-corrected chi connectivity index (χ3v) is 4.66. The van der Waals surface area contributed by atoms with Crippen LogP contribution in [0.5, 0.6) is 0 Å². The van der Waals surface area contributed by atoms with E-state index < -0.39 is 23.8 Å². The van der Waals surface area contributed by atoms with Crippen molar-refractivity contribution in [3.8, 4) is 11.4 Å². The lowest BCUT2D eigenvalue weighted by molar-refractivity contribution is -0.137. The lowest BCUT2D eigenvalue weighted by Gasteiger charge is -2.09. The molecule has 31 heavy (non-hydrogen) atoms. The van der Waals surface area contributed by atoms with E-state index in [1.165, 1.54) is 35.8 Å². The minimum absolute atomic E-state index is 0.0627. The summed E-state index contributed by atoms with van der Waals surface area (Å²) in [5, 5.41) is 3.68. The third kappa shape index (κ3) is 3.93. The highest BCUT2D eigenvalue weighted by atomic mass is 19.4. The van der Waals surface area contributed by atoms with Gasteiger partial charge >= 0.3 is 17.8 Å². The molecule has 0 aliphatic heterocycles. The second kappa shape index (κ2) is 7.42. The number of aromatic amines is 1. The standard InChI is InChI=1S/C20H15F3N4O4/c1-10(30-18(28)12-6-7-15-14(9-12)24-19(29)27(15)2)17-25-16(26-31-17)11-4-3-5-13(8-11)20(21,22)23/h3-10H,1-2H3,(H,24,29). The first-order valence-corrected chi connectivity index (χ1v) is 9.04. The molecule has 0 aliphatic carbocycles. The summed E-state index contributed by atoms with van der Waals surface area (Å²) in [5.41, 5.74) is 0.240. The molecule has 0 radical (unpaired) electrons. The zero-order valence-electron chi connectivity index (χ0n) is 16.2. The molecular weight excluding hydrogens is 417 g/mol. The minimum Gasteiger partial charge on any atom is -0.449 e. The summed E-state index contributed by atoms with van der Waals surface area (Å²) in [6, 6.07) is 9.08. The van der Waals surface area contributed by atoms with Crippen LogP contribution in [0.3, 0.4) is 0 Å². The number of H-pyrrole nitrogens is 1. The summed E-state index contributed by atoms with van der Waals surface area (Å²) >= 11 is 0. The molecule has 0 fully saturated rings. The number of aromatic nitrogens is 4. The fourth-order valence-electron chi connectivity index (χ4n) is 3.00. The molecule has 8 nitrogen and oxygen atoms in total. The van der Waals surface area contributed by atoms with Crippen LogP contribution in [0, 0.1) is 0 Å². The highest BCUT2D eigenvalue weighted by molar-refractivity contribution is 5.93. The van der Waals surface area contributed by atoms with Crippen molar-refractivity contribution in [2.45, 2.75) is 19.2 Å². The van der Waals surface area contributed by atoms with Gasteiger partial charge in [-0.15, -0.1) is 0 Å². The van der Waals surface area contributed by atoms with E-state index in [4.69, 9.17) is 9.26 Å². The van der Waals surface area contributed by atoms with Gasteiger partial charge in [0.15, 0.2) is 6.10 Å². The van der Waals surface area contributed by atoms with E-state index in [1.807, 2.05) is 0 Å². The number of fused-ring (bicyclic) bond motifs is 1. The van der Waals surface area contributed by atoms with Gasteiger partial charge in [-0.05, 0) is 37.3 Å². The minimum atomic E-state index is -4.50. The summed E-state index contributed by atoms with van der Waals surface area (Å²) in [7, 11) is 1.60. The molecule has 1 unspecified atom stereocenters. The molecule has 0 spiro atoms. The molecule has 4 aromatic rings. The van der Waals surface area contributed by atoms with E-state index in [2.05, 4.69) is 15.1 Å². The maximum Gasteiger partial charge on any atom is 0.416 e. The number of hydrogen-bond acceptors (Lipinski definition) is 6. The summed E-state index contributed by atoms with van der Waals surface area (Å²) in [5.74, 6) is -0.833. The van der Waals surface area contributed by atoms with Gasteiger partial charge in [0.05, 0.1) is 22.2 Å². The van der Waals surface area contributed by atoms with Crippen molar-refractivity contribution in [1.29, 1.82) is 0 Å². The van der Waals surface area contributed by atoms with Crippen LogP contribution in [0.2, 0.25) is 0 Å². The zero-order valence-corrected chi connectivity index (χ0v) is 16.2. The fourth-order valence-corrected chi connectivity index (χ4v) is 3.00. The molecule has 4 rings (SSSR count). The smallest absolute Gasteiger partial charge is 0.416 e. The van der Waals surface area contributed by atoms with E-state index >= 15 is 0 Å². The molecule has 160 valence electrons. The monoisotopic (exact) mass is 432 g/mol. The Kier molecular flexibility index (Phi) is 4.88. The molecule has 2 aromatic carbocycles. The van der Waals surface area contributed by atoms with Crippen molar-refractivity contribution in [3.63, 3.8) is 0 Å². The number of imidazole rings is 1. The molecule has 11 heteroatoms. The lowest BCUT2D eigenvalue weighted by Crippen LogP contribution is -2.11. The fraction of sp³-hybridized carbons (Fsp3) is 0.200. The highest BCUT2D eigenvalue weighted by Gasteiger charge is 2.31. The number of halogens is 3. The average molecular weight is 432 g/mol. The zero-order chi connectivity index (χ0) is 22.3. The molecule has 0 amide bonds. The summed E-state index contributed by atoms with van der Waals surface area (Å²) in [4.78, 5) is 30.8. The Labute approximate surface area is 172 Å². The van der Waals surface area contributed by atoms with Gasteiger partial charge in [-0.25, -0.2) is 9.59 Å². The first-order chi connectivity index (χ1) is 14.6. The van der Waals surface area contributed by atoms with Gasteiger partial charge in [-0.3, -0.25) is 4.57 Å². The molecule has 0 saturated carbocycles. The maximum atomic E-state index is 12.9. The van der Waals surface area contributed by atoms with E-state index in [9.17, 15) is 22.8 Å². The SMILES string of the molecule is CC(OC(=O)c1ccc2c(c1)[nH]c(=O)n2C)c1nc(-c2cccc(C(F)(F)F)c2)no1. The van der Waals surface area contributed by atoms with Crippen molar-refractivity contribution in [2.24, 2.45) is 7.05 Å². The number of carbonyl (C=O) groups excluding carboxylic acids is 1. The van der Waals surface area contributed by atoms with Crippen LogP contribution < -0.4 is 5.69 Å². The number of rotatable bonds is 4. The Morgan fingerprint density at radius 2 is 2.00 bits per heavy atom. The van der Waals surface area contributed by atoms with Crippen molar-refractivity contribution < 1.29 is 27.2 Å². The van der Waals surface area contributed by atoms with Gasteiger partial charge in [-0.2, -0.15) is 18.2 Å².